The van der Waals surface area contributed by atoms with E-state index in [1.807, 2.05) is 38.1 Å². The smallest absolute Gasteiger partial charge is 0.191 e. The van der Waals surface area contributed by atoms with Crippen LogP contribution in [0, 0.1) is 5.92 Å². The molecule has 0 aliphatic heterocycles. The highest BCUT2D eigenvalue weighted by Crippen LogP contribution is 2.28. The molecule has 1 unspecified atom stereocenters. The second-order valence-electron chi connectivity index (χ2n) is 6.25. The third kappa shape index (κ3) is 7.75. The first-order valence-corrected chi connectivity index (χ1v) is 9.21. The monoisotopic (exact) mass is 349 g/mol. The first kappa shape index (κ1) is 19.5. The fraction of sp³-hybridized carbons (Fsp3) is 0.632. The van der Waals surface area contributed by atoms with Crippen LogP contribution in [0.15, 0.2) is 29.3 Å². The highest BCUT2D eigenvalue weighted by molar-refractivity contribution is 5.79. The molecule has 1 aliphatic carbocycles. The van der Waals surface area contributed by atoms with E-state index in [9.17, 15) is 5.11 Å². The predicted octanol–water partition coefficient (Wildman–Crippen LogP) is 1.93. The molecule has 0 aromatic heterocycles. The van der Waals surface area contributed by atoms with Crippen LogP contribution in [0.5, 0.6) is 5.75 Å². The zero-order valence-corrected chi connectivity index (χ0v) is 15.3. The Morgan fingerprint density at radius 3 is 2.80 bits per heavy atom. The van der Waals surface area contributed by atoms with Crippen LogP contribution in [0.3, 0.4) is 0 Å². The van der Waals surface area contributed by atoms with Gasteiger partial charge in [-0.1, -0.05) is 18.2 Å². The Bertz CT molecular complexity index is 532. The number of benzene rings is 1. The molecule has 0 saturated heterocycles. The van der Waals surface area contributed by atoms with Gasteiger partial charge in [-0.3, -0.25) is 0 Å². The lowest BCUT2D eigenvalue weighted by Crippen LogP contribution is -2.42. The first-order chi connectivity index (χ1) is 12.2. The number of guanidine groups is 1. The molecule has 140 valence electrons. The van der Waals surface area contributed by atoms with Gasteiger partial charge in [0.05, 0.1) is 25.9 Å². The Hall–Kier alpha value is -1.79. The van der Waals surface area contributed by atoms with Crippen molar-refractivity contribution in [3.8, 4) is 5.75 Å². The second-order valence-corrected chi connectivity index (χ2v) is 6.25. The Kier molecular flexibility index (Phi) is 8.55. The van der Waals surface area contributed by atoms with Gasteiger partial charge in [-0.05, 0) is 38.7 Å². The fourth-order valence-electron chi connectivity index (χ4n) is 2.37. The normalized spacial score (nSPS) is 15.7. The lowest BCUT2D eigenvalue weighted by Gasteiger charge is -2.16. The third-order valence-corrected chi connectivity index (χ3v) is 3.89. The number of nitrogens with zero attached hydrogens (tertiary/aromatic N) is 1. The molecule has 1 fully saturated rings. The molecule has 2 rings (SSSR count). The number of aliphatic hydroxyl groups is 1. The number of para-hydroxylation sites is 1. The van der Waals surface area contributed by atoms with Gasteiger partial charge in [0.15, 0.2) is 5.96 Å². The molecular formula is C19H31N3O3. The zero-order chi connectivity index (χ0) is 17.9. The summed E-state index contributed by atoms with van der Waals surface area (Å²) in [5.74, 6) is 2.25. The summed E-state index contributed by atoms with van der Waals surface area (Å²) in [7, 11) is 0. The van der Waals surface area contributed by atoms with Gasteiger partial charge in [-0.2, -0.15) is 0 Å². The van der Waals surface area contributed by atoms with Crippen LogP contribution < -0.4 is 15.4 Å². The van der Waals surface area contributed by atoms with Crippen LogP contribution in [-0.2, 0) is 11.3 Å². The molecule has 3 N–H and O–H groups in total. The van der Waals surface area contributed by atoms with E-state index in [4.69, 9.17) is 9.47 Å². The van der Waals surface area contributed by atoms with Crippen molar-refractivity contribution in [1.82, 2.24) is 10.6 Å². The third-order valence-electron chi connectivity index (χ3n) is 3.89. The molecule has 25 heavy (non-hydrogen) atoms. The van der Waals surface area contributed by atoms with E-state index >= 15 is 0 Å². The highest BCUT2D eigenvalue weighted by atomic mass is 16.5. The van der Waals surface area contributed by atoms with Gasteiger partial charge in [0, 0.05) is 25.3 Å². The van der Waals surface area contributed by atoms with E-state index in [2.05, 4.69) is 15.6 Å². The average molecular weight is 349 g/mol. The lowest BCUT2D eigenvalue weighted by atomic mass is 10.2. The van der Waals surface area contributed by atoms with Crippen molar-refractivity contribution >= 4 is 5.96 Å². The average Bonchev–Trinajstić information content (AvgIpc) is 3.43. The molecule has 0 spiro atoms. The van der Waals surface area contributed by atoms with Gasteiger partial charge in [0.1, 0.15) is 5.75 Å². The number of aliphatic imine (C=N–C) groups is 1. The summed E-state index contributed by atoms with van der Waals surface area (Å²) in [5, 5.41) is 16.4. The maximum Gasteiger partial charge on any atom is 0.191 e. The van der Waals surface area contributed by atoms with Gasteiger partial charge in [-0.25, -0.2) is 4.99 Å². The molecule has 1 aliphatic rings. The van der Waals surface area contributed by atoms with E-state index in [1.54, 1.807) is 0 Å². The first-order valence-electron chi connectivity index (χ1n) is 9.21. The van der Waals surface area contributed by atoms with E-state index in [-0.39, 0.29) is 0 Å². The number of ether oxygens (including phenoxy) is 2. The summed E-state index contributed by atoms with van der Waals surface area (Å²) in [6.07, 6.45) is 1.97. The molecule has 1 atom stereocenters. The summed E-state index contributed by atoms with van der Waals surface area (Å²) < 4.78 is 11.1. The quantitative estimate of drug-likeness (QED) is 0.420. The van der Waals surface area contributed by atoms with Crippen molar-refractivity contribution in [1.29, 1.82) is 0 Å². The minimum absolute atomic E-state index is 0.357. The molecule has 0 heterocycles. The zero-order valence-electron chi connectivity index (χ0n) is 15.3. The molecule has 0 radical (unpaired) electrons. The minimum atomic E-state index is -0.543. The molecule has 0 bridgehead atoms. The van der Waals surface area contributed by atoms with Crippen LogP contribution >= 0.6 is 0 Å². The van der Waals surface area contributed by atoms with Crippen molar-refractivity contribution in [2.24, 2.45) is 10.9 Å². The molecular weight excluding hydrogens is 318 g/mol. The molecule has 6 heteroatoms. The maximum absolute atomic E-state index is 10.0. The van der Waals surface area contributed by atoms with Gasteiger partial charge in [0.2, 0.25) is 0 Å². The SMILES string of the molecule is CCNC(=NCc1ccccc1OCC)NCC(O)COCC1CC1. The standard InChI is InChI=1S/C19H31N3O3/c1-3-20-19(22-12-17(23)14-24-13-15-9-10-15)21-11-16-7-5-6-8-18(16)25-4-2/h5-8,15,17,23H,3-4,9-14H2,1-2H3,(H2,20,21,22). The minimum Gasteiger partial charge on any atom is -0.494 e. The Morgan fingerprint density at radius 1 is 1.28 bits per heavy atom. The summed E-state index contributed by atoms with van der Waals surface area (Å²) in [4.78, 5) is 4.58. The number of rotatable bonds is 11. The van der Waals surface area contributed by atoms with Crippen molar-refractivity contribution in [2.75, 3.05) is 32.9 Å². The summed E-state index contributed by atoms with van der Waals surface area (Å²) >= 11 is 0. The van der Waals surface area contributed by atoms with E-state index in [0.29, 0.717) is 38.2 Å². The van der Waals surface area contributed by atoms with Gasteiger partial charge >= 0.3 is 0 Å². The van der Waals surface area contributed by atoms with Crippen LogP contribution in [0.4, 0.5) is 0 Å². The number of aliphatic hydroxyl groups excluding tert-OH is 1. The van der Waals surface area contributed by atoms with Crippen LogP contribution in [0.2, 0.25) is 0 Å². The molecule has 1 saturated carbocycles. The van der Waals surface area contributed by atoms with Crippen molar-refractivity contribution < 1.29 is 14.6 Å². The number of hydrogen-bond donors (Lipinski definition) is 3. The molecule has 6 nitrogen and oxygen atoms in total. The lowest BCUT2D eigenvalue weighted by molar-refractivity contribution is 0.0345. The summed E-state index contributed by atoms with van der Waals surface area (Å²) in [6, 6.07) is 7.91. The van der Waals surface area contributed by atoms with Crippen LogP contribution in [-0.4, -0.2) is 50.1 Å². The van der Waals surface area contributed by atoms with Crippen molar-refractivity contribution in [3.63, 3.8) is 0 Å². The number of hydrogen-bond acceptors (Lipinski definition) is 4. The maximum atomic E-state index is 10.0. The van der Waals surface area contributed by atoms with Crippen LogP contribution in [0.1, 0.15) is 32.3 Å². The van der Waals surface area contributed by atoms with Gasteiger partial charge < -0.3 is 25.2 Å². The van der Waals surface area contributed by atoms with Crippen LogP contribution in [0.25, 0.3) is 0 Å². The predicted molar refractivity (Wildman–Crippen MR) is 100.0 cm³/mol. The highest BCUT2D eigenvalue weighted by Gasteiger charge is 2.21. The number of nitrogens with one attached hydrogen (secondary N) is 2. The summed E-state index contributed by atoms with van der Waals surface area (Å²) in [6.45, 7) is 7.41. The van der Waals surface area contributed by atoms with E-state index in [1.165, 1.54) is 12.8 Å². The largest absolute Gasteiger partial charge is 0.494 e. The van der Waals surface area contributed by atoms with E-state index in [0.717, 1.165) is 24.5 Å². The Morgan fingerprint density at radius 2 is 2.08 bits per heavy atom. The Balaban J connectivity index is 1.80. The fourth-order valence-corrected chi connectivity index (χ4v) is 2.37. The van der Waals surface area contributed by atoms with Crippen molar-refractivity contribution in [3.05, 3.63) is 29.8 Å². The van der Waals surface area contributed by atoms with Gasteiger partial charge in [0.25, 0.3) is 0 Å². The molecule has 0 amide bonds. The molecule has 1 aromatic rings. The molecule has 1 aromatic carbocycles. The van der Waals surface area contributed by atoms with Crippen molar-refractivity contribution in [2.45, 2.75) is 39.3 Å². The summed E-state index contributed by atoms with van der Waals surface area (Å²) in [5.41, 5.74) is 1.04. The second kappa shape index (κ2) is 10.9. The van der Waals surface area contributed by atoms with Gasteiger partial charge in [-0.15, -0.1) is 0 Å². The topological polar surface area (TPSA) is 75.1 Å². The van der Waals surface area contributed by atoms with E-state index < -0.39 is 6.10 Å². The Labute approximate surface area is 150 Å².